The summed E-state index contributed by atoms with van der Waals surface area (Å²) >= 11 is 5.81. The first kappa shape index (κ1) is 29.3. The van der Waals surface area contributed by atoms with Gasteiger partial charge in [0.15, 0.2) is 5.82 Å². The van der Waals surface area contributed by atoms with E-state index in [4.69, 9.17) is 17.3 Å². The van der Waals surface area contributed by atoms with Gasteiger partial charge in [-0.2, -0.15) is 0 Å². The van der Waals surface area contributed by atoms with Crippen molar-refractivity contribution in [2.45, 2.75) is 32.2 Å². The summed E-state index contributed by atoms with van der Waals surface area (Å²) in [5.41, 5.74) is 8.79. The minimum atomic E-state index is -0.658. The van der Waals surface area contributed by atoms with Gasteiger partial charge in [-0.05, 0) is 60.9 Å². The van der Waals surface area contributed by atoms with Crippen LogP contribution in [0.3, 0.4) is 0 Å². The summed E-state index contributed by atoms with van der Waals surface area (Å²) in [6.45, 7) is 1.82. The predicted molar refractivity (Wildman–Crippen MR) is 156 cm³/mol. The molecule has 3 amide bonds. The van der Waals surface area contributed by atoms with Gasteiger partial charge in [-0.3, -0.25) is 19.9 Å². The Morgan fingerprint density at radius 2 is 2.00 bits per heavy atom. The molecule has 2 atom stereocenters. The lowest BCUT2D eigenvalue weighted by molar-refractivity contribution is -0.120. The normalized spacial score (nSPS) is 17.2. The van der Waals surface area contributed by atoms with Gasteiger partial charge in [0.1, 0.15) is 5.70 Å². The van der Waals surface area contributed by atoms with Crippen LogP contribution in [0.15, 0.2) is 66.6 Å². The minimum Gasteiger partial charge on any atom is -0.453 e. The van der Waals surface area contributed by atoms with Crippen molar-refractivity contribution >= 4 is 46.6 Å². The van der Waals surface area contributed by atoms with E-state index < -0.39 is 23.9 Å². The number of fused-ring (bicyclic) bond motifs is 4. The highest BCUT2D eigenvalue weighted by Crippen LogP contribution is 2.33. The number of nitrogens with two attached hydrogens (primary N) is 1. The Morgan fingerprint density at radius 3 is 2.78 bits per heavy atom. The van der Waals surface area contributed by atoms with Crippen LogP contribution in [0.25, 0.3) is 11.3 Å². The zero-order chi connectivity index (χ0) is 29.5. The third-order valence-corrected chi connectivity index (χ3v) is 6.94. The minimum absolute atomic E-state index is 0.0615. The molecule has 1 aliphatic rings. The van der Waals surface area contributed by atoms with Crippen molar-refractivity contribution in [3.63, 3.8) is 0 Å². The first-order valence-corrected chi connectivity index (χ1v) is 13.3. The van der Waals surface area contributed by atoms with Gasteiger partial charge in [0.25, 0.3) is 5.91 Å². The molecule has 0 saturated carbocycles. The third-order valence-electron chi connectivity index (χ3n) is 6.65. The Hall–Kier alpha value is -4.64. The number of halogens is 2. The van der Waals surface area contributed by atoms with Gasteiger partial charge in [-0.1, -0.05) is 31.0 Å². The van der Waals surface area contributed by atoms with Gasteiger partial charge in [0.2, 0.25) is 5.91 Å². The maximum Gasteiger partial charge on any atom is 0.411 e. The summed E-state index contributed by atoms with van der Waals surface area (Å²) in [5, 5.41) is 11.1. The molecule has 1 aliphatic heterocycles. The van der Waals surface area contributed by atoms with Crippen LogP contribution in [0.1, 0.15) is 37.8 Å². The van der Waals surface area contributed by atoms with Gasteiger partial charge >= 0.3 is 6.09 Å². The molecule has 41 heavy (non-hydrogen) atoms. The number of ether oxygens (including phenoxy) is 1. The Balaban J connectivity index is 1.63. The average molecular weight is 581 g/mol. The molecule has 1 unspecified atom stereocenters. The number of benzene rings is 2. The molecule has 6 N–H and O–H groups in total. The van der Waals surface area contributed by atoms with E-state index in [0.717, 1.165) is 5.56 Å². The number of amides is 3. The standard InChI is InChI=1S/C29H30ClFN6O4/c1-16-5-3-7-22(36-28(39)21(32)15-34-23-8-4-6-20(30)26(23)31)17-11-12-33-24(13-17)19-10-9-18(35-29(40)41-2)14-25(19)37-27(16)38/h4,6,8-16,22,34H,3,5,7,32H2,1-2H3,(H,35,40)(H,36,39)(H,37,38)/b21-15-/t16-,22?/m0/s1. The lowest BCUT2D eigenvalue weighted by atomic mass is 9.94. The molecule has 2 bridgehead atoms. The van der Waals surface area contributed by atoms with Crippen molar-refractivity contribution < 1.29 is 23.5 Å². The van der Waals surface area contributed by atoms with Crippen molar-refractivity contribution in [3.05, 3.63) is 83.0 Å². The second-order valence-corrected chi connectivity index (χ2v) is 9.95. The van der Waals surface area contributed by atoms with E-state index >= 15 is 0 Å². The van der Waals surface area contributed by atoms with Crippen LogP contribution in [0.4, 0.5) is 26.2 Å². The Labute approximate surface area is 241 Å². The van der Waals surface area contributed by atoms with Crippen LogP contribution < -0.4 is 27.0 Å². The van der Waals surface area contributed by atoms with Crippen molar-refractivity contribution in [3.8, 4) is 11.3 Å². The number of nitrogens with zero attached hydrogens (tertiary/aromatic N) is 1. The number of carbonyl (C=O) groups excluding carboxylic acids is 3. The molecule has 0 aliphatic carbocycles. The molecule has 0 saturated heterocycles. The molecule has 1 aromatic heterocycles. The molecule has 0 spiro atoms. The number of hydrogen-bond donors (Lipinski definition) is 5. The van der Waals surface area contributed by atoms with E-state index in [0.29, 0.717) is 41.9 Å². The zero-order valence-corrected chi connectivity index (χ0v) is 23.2. The highest BCUT2D eigenvalue weighted by atomic mass is 35.5. The van der Waals surface area contributed by atoms with E-state index in [2.05, 4.69) is 31.0 Å². The molecule has 10 nitrogen and oxygen atoms in total. The fraction of sp³-hybridized carbons (Fsp3) is 0.241. The zero-order valence-electron chi connectivity index (χ0n) is 22.5. The summed E-state index contributed by atoms with van der Waals surface area (Å²) in [7, 11) is 1.26. The Kier molecular flexibility index (Phi) is 9.41. The molecule has 12 heteroatoms. The van der Waals surface area contributed by atoms with Crippen LogP contribution >= 0.6 is 11.6 Å². The van der Waals surface area contributed by atoms with Gasteiger partial charge in [0, 0.05) is 29.6 Å². The molecular formula is C29H30ClFN6O4. The second kappa shape index (κ2) is 13.1. The van der Waals surface area contributed by atoms with Crippen LogP contribution in [0, 0.1) is 11.7 Å². The summed E-state index contributed by atoms with van der Waals surface area (Å²) in [4.78, 5) is 42.3. The fourth-order valence-electron chi connectivity index (χ4n) is 4.34. The summed E-state index contributed by atoms with van der Waals surface area (Å²) in [5.74, 6) is -1.73. The molecule has 4 rings (SSSR count). The monoisotopic (exact) mass is 580 g/mol. The Morgan fingerprint density at radius 1 is 1.20 bits per heavy atom. The number of hydrogen-bond acceptors (Lipinski definition) is 7. The molecule has 2 heterocycles. The van der Waals surface area contributed by atoms with E-state index in [1.165, 1.54) is 25.4 Å². The lowest BCUT2D eigenvalue weighted by Crippen LogP contribution is -2.33. The number of pyridine rings is 1. The van der Waals surface area contributed by atoms with Gasteiger partial charge < -0.3 is 26.4 Å². The van der Waals surface area contributed by atoms with Crippen molar-refractivity contribution in [1.29, 1.82) is 0 Å². The maximum atomic E-state index is 14.2. The number of nitrogens with one attached hydrogen (secondary N) is 4. The van der Waals surface area contributed by atoms with Gasteiger partial charge in [-0.15, -0.1) is 0 Å². The average Bonchev–Trinajstić information content (AvgIpc) is 2.96. The Bertz CT molecular complexity index is 1500. The van der Waals surface area contributed by atoms with E-state index in [1.54, 1.807) is 36.5 Å². The van der Waals surface area contributed by atoms with Crippen molar-refractivity contribution in [1.82, 2.24) is 10.3 Å². The lowest BCUT2D eigenvalue weighted by Gasteiger charge is -2.23. The quantitative estimate of drug-likeness (QED) is 0.249. The second-order valence-electron chi connectivity index (χ2n) is 9.54. The van der Waals surface area contributed by atoms with Gasteiger partial charge in [-0.25, -0.2) is 9.18 Å². The SMILES string of the molecule is COC(=O)Nc1ccc2c(c1)NC(=O)[C@@H](C)CCCC(NC(=O)/C(N)=C/Nc1cccc(Cl)c1F)c1ccnc-2c1. The third kappa shape index (κ3) is 7.31. The van der Waals surface area contributed by atoms with Crippen molar-refractivity contribution in [2.24, 2.45) is 11.7 Å². The summed E-state index contributed by atoms with van der Waals surface area (Å²) < 4.78 is 18.9. The molecule has 2 aromatic carbocycles. The predicted octanol–water partition coefficient (Wildman–Crippen LogP) is 5.55. The largest absolute Gasteiger partial charge is 0.453 e. The van der Waals surface area contributed by atoms with Crippen LogP contribution in [-0.2, 0) is 14.3 Å². The highest BCUT2D eigenvalue weighted by Gasteiger charge is 2.22. The first-order valence-electron chi connectivity index (χ1n) is 12.9. The molecule has 0 radical (unpaired) electrons. The number of aromatic nitrogens is 1. The molecule has 214 valence electrons. The molecular weight excluding hydrogens is 551 g/mol. The molecule has 0 fully saturated rings. The topological polar surface area (TPSA) is 147 Å². The summed E-state index contributed by atoms with van der Waals surface area (Å²) in [6, 6.07) is 12.7. The van der Waals surface area contributed by atoms with Crippen LogP contribution in [0.5, 0.6) is 0 Å². The van der Waals surface area contributed by atoms with Crippen LogP contribution in [0.2, 0.25) is 5.02 Å². The molecule has 3 aromatic rings. The van der Waals surface area contributed by atoms with E-state index in [9.17, 15) is 18.8 Å². The number of methoxy groups -OCH3 is 1. The maximum absolute atomic E-state index is 14.2. The van der Waals surface area contributed by atoms with Crippen LogP contribution in [-0.4, -0.2) is 30.0 Å². The van der Waals surface area contributed by atoms with E-state index in [-0.39, 0.29) is 28.2 Å². The number of rotatable bonds is 5. The van der Waals surface area contributed by atoms with Crippen molar-refractivity contribution in [2.75, 3.05) is 23.1 Å². The summed E-state index contributed by atoms with van der Waals surface area (Å²) in [6.07, 6.45) is 3.91. The first-order chi connectivity index (χ1) is 19.7. The fourth-order valence-corrected chi connectivity index (χ4v) is 4.52. The van der Waals surface area contributed by atoms with E-state index in [1.807, 2.05) is 13.0 Å². The highest BCUT2D eigenvalue weighted by molar-refractivity contribution is 6.31. The van der Waals surface area contributed by atoms with Gasteiger partial charge in [0.05, 0.1) is 35.2 Å². The number of carbonyl (C=O) groups is 3. The number of anilines is 3. The smallest absolute Gasteiger partial charge is 0.411 e.